The van der Waals surface area contributed by atoms with Gasteiger partial charge in [0.1, 0.15) is 0 Å². The van der Waals surface area contributed by atoms with Crippen molar-refractivity contribution in [3.8, 4) is 0 Å². The molecular weight excluding hydrogens is 360 g/mol. The van der Waals surface area contributed by atoms with Crippen LogP contribution in [0.15, 0.2) is 36.7 Å². The summed E-state index contributed by atoms with van der Waals surface area (Å²) in [5.74, 6) is 0.496. The minimum Gasteiger partial charge on any atom is -0.366 e. The first kappa shape index (κ1) is 18.4. The number of rotatable bonds is 2. The first-order valence-electron chi connectivity index (χ1n) is 10.6. The van der Waals surface area contributed by atoms with Crippen LogP contribution >= 0.6 is 0 Å². The Morgan fingerprint density at radius 3 is 2.66 bits per heavy atom. The number of aromatic nitrogens is 3. The Morgan fingerprint density at radius 1 is 1.07 bits per heavy atom. The maximum absolute atomic E-state index is 4.50. The van der Waals surface area contributed by atoms with Crippen molar-refractivity contribution >= 4 is 22.4 Å². The van der Waals surface area contributed by atoms with Crippen LogP contribution in [-0.2, 0) is 13.6 Å². The summed E-state index contributed by atoms with van der Waals surface area (Å²) in [6, 6.07) is 9.26. The minimum atomic E-state index is 0.496. The highest BCUT2D eigenvalue weighted by Gasteiger charge is 2.28. The normalized spacial score (nSPS) is 21.4. The van der Waals surface area contributed by atoms with E-state index in [4.69, 9.17) is 0 Å². The lowest BCUT2D eigenvalue weighted by Crippen LogP contribution is -2.54. The number of benzene rings is 1. The van der Waals surface area contributed by atoms with Gasteiger partial charge in [-0.2, -0.15) is 5.10 Å². The molecule has 3 aromatic rings. The predicted octanol–water partition coefficient (Wildman–Crippen LogP) is 2.99. The van der Waals surface area contributed by atoms with Crippen LogP contribution in [0.5, 0.6) is 0 Å². The fourth-order valence-electron chi connectivity index (χ4n) is 4.84. The van der Waals surface area contributed by atoms with Crippen molar-refractivity contribution in [1.29, 1.82) is 0 Å². The Hall–Kier alpha value is -2.60. The number of likely N-dealkylation sites (N-methyl/N-ethyl adjacent to an activating group) is 1. The SMILES string of the molecule is C[C@H]1CN(c2ccnc3c2cnn3C)Cc2ccc(N3CC[N+](C)(C)CC3)cc21. The first-order chi connectivity index (χ1) is 13.9. The van der Waals surface area contributed by atoms with E-state index in [1.165, 1.54) is 35.6 Å². The molecule has 2 aliphatic heterocycles. The van der Waals surface area contributed by atoms with E-state index in [9.17, 15) is 0 Å². The zero-order valence-electron chi connectivity index (χ0n) is 18.0. The molecule has 0 spiro atoms. The molecule has 0 amide bonds. The fourth-order valence-corrected chi connectivity index (χ4v) is 4.84. The monoisotopic (exact) mass is 391 g/mol. The Morgan fingerprint density at radius 2 is 1.86 bits per heavy atom. The van der Waals surface area contributed by atoms with Crippen LogP contribution < -0.4 is 9.80 Å². The summed E-state index contributed by atoms with van der Waals surface area (Å²) in [5, 5.41) is 5.54. The molecule has 0 radical (unpaired) electrons. The van der Waals surface area contributed by atoms with Crippen molar-refractivity contribution in [3.63, 3.8) is 0 Å². The molecule has 4 heterocycles. The average molecular weight is 392 g/mol. The zero-order valence-corrected chi connectivity index (χ0v) is 18.0. The first-order valence-corrected chi connectivity index (χ1v) is 10.6. The maximum Gasteiger partial charge on any atom is 0.159 e. The molecule has 152 valence electrons. The lowest BCUT2D eigenvalue weighted by atomic mass is 9.90. The number of hydrogen-bond acceptors (Lipinski definition) is 4. The molecule has 2 aliphatic rings. The molecule has 1 saturated heterocycles. The van der Waals surface area contributed by atoms with Crippen LogP contribution in [-0.4, -0.2) is 66.1 Å². The molecule has 0 N–H and O–H groups in total. The van der Waals surface area contributed by atoms with Crippen LogP contribution in [0.2, 0.25) is 0 Å². The molecule has 6 heteroatoms. The van der Waals surface area contributed by atoms with E-state index in [0.717, 1.165) is 41.7 Å². The number of anilines is 2. The zero-order chi connectivity index (χ0) is 20.2. The second-order valence-electron chi connectivity index (χ2n) is 9.37. The van der Waals surface area contributed by atoms with Crippen LogP contribution in [0.3, 0.4) is 0 Å². The van der Waals surface area contributed by atoms with Gasteiger partial charge in [-0.25, -0.2) is 4.98 Å². The number of pyridine rings is 1. The molecule has 0 saturated carbocycles. The third-order valence-corrected chi connectivity index (χ3v) is 6.78. The van der Waals surface area contributed by atoms with Gasteiger partial charge in [0.2, 0.25) is 0 Å². The van der Waals surface area contributed by atoms with Gasteiger partial charge in [-0.05, 0) is 35.2 Å². The Labute approximate surface area is 172 Å². The molecule has 0 unspecified atom stereocenters. The van der Waals surface area contributed by atoms with Gasteiger partial charge in [-0.15, -0.1) is 0 Å². The van der Waals surface area contributed by atoms with Crippen molar-refractivity contribution in [2.24, 2.45) is 7.05 Å². The van der Waals surface area contributed by atoms with E-state index in [0.29, 0.717) is 5.92 Å². The van der Waals surface area contributed by atoms with Crippen molar-refractivity contribution in [3.05, 3.63) is 47.8 Å². The summed E-state index contributed by atoms with van der Waals surface area (Å²) in [4.78, 5) is 9.55. The second-order valence-corrected chi connectivity index (χ2v) is 9.37. The highest BCUT2D eigenvalue weighted by Crippen LogP contribution is 2.36. The van der Waals surface area contributed by atoms with Gasteiger partial charge < -0.3 is 14.3 Å². The highest BCUT2D eigenvalue weighted by molar-refractivity contribution is 5.89. The van der Waals surface area contributed by atoms with Crippen molar-refractivity contribution in [1.82, 2.24) is 14.8 Å². The standard InChI is InChI=1S/C23H31N6/c1-17-15-28(22-7-8-24-23-21(22)14-25-26(23)2)16-18-5-6-19(13-20(17)18)27-9-11-29(3,4)12-10-27/h5-8,13-14,17H,9-12,15-16H2,1-4H3/q+1/t17-/m0/s1. The summed E-state index contributed by atoms with van der Waals surface area (Å²) in [5.41, 5.74) is 6.52. The summed E-state index contributed by atoms with van der Waals surface area (Å²) in [6.45, 7) is 9.02. The van der Waals surface area contributed by atoms with Gasteiger partial charge in [0.25, 0.3) is 0 Å². The maximum atomic E-state index is 4.50. The summed E-state index contributed by atoms with van der Waals surface area (Å²) >= 11 is 0. The topological polar surface area (TPSA) is 37.2 Å². The predicted molar refractivity (Wildman–Crippen MR) is 118 cm³/mol. The smallest absolute Gasteiger partial charge is 0.159 e. The molecule has 6 nitrogen and oxygen atoms in total. The molecule has 1 fully saturated rings. The minimum absolute atomic E-state index is 0.496. The van der Waals surface area contributed by atoms with Gasteiger partial charge in [-0.3, -0.25) is 4.68 Å². The number of fused-ring (bicyclic) bond motifs is 2. The molecule has 1 atom stereocenters. The molecule has 0 aliphatic carbocycles. The fraction of sp³-hybridized carbons (Fsp3) is 0.478. The lowest BCUT2D eigenvalue weighted by Gasteiger charge is -2.41. The van der Waals surface area contributed by atoms with Gasteiger partial charge in [0.05, 0.1) is 57.5 Å². The van der Waals surface area contributed by atoms with Gasteiger partial charge in [0, 0.05) is 32.0 Å². The van der Waals surface area contributed by atoms with Gasteiger partial charge in [-0.1, -0.05) is 13.0 Å². The number of piperazine rings is 1. The summed E-state index contributed by atoms with van der Waals surface area (Å²) in [6.07, 6.45) is 3.84. The molecule has 29 heavy (non-hydrogen) atoms. The number of hydrogen-bond donors (Lipinski definition) is 0. The largest absolute Gasteiger partial charge is 0.366 e. The Balaban J connectivity index is 1.42. The van der Waals surface area contributed by atoms with E-state index in [2.05, 4.69) is 65.2 Å². The van der Waals surface area contributed by atoms with Crippen LogP contribution in [0.4, 0.5) is 11.4 Å². The highest BCUT2D eigenvalue weighted by atomic mass is 15.4. The quantitative estimate of drug-likeness (QED) is 0.630. The van der Waals surface area contributed by atoms with Gasteiger partial charge in [0.15, 0.2) is 5.65 Å². The summed E-state index contributed by atoms with van der Waals surface area (Å²) < 4.78 is 2.98. The van der Waals surface area contributed by atoms with Crippen molar-refractivity contribution in [2.45, 2.75) is 19.4 Å². The molecule has 1 aromatic carbocycles. The molecule has 5 rings (SSSR count). The van der Waals surface area contributed by atoms with Crippen molar-refractivity contribution < 1.29 is 4.48 Å². The Kier molecular flexibility index (Phi) is 4.28. The van der Waals surface area contributed by atoms with Crippen LogP contribution in [0, 0.1) is 0 Å². The van der Waals surface area contributed by atoms with Crippen molar-refractivity contribution in [2.75, 3.05) is 56.6 Å². The van der Waals surface area contributed by atoms with E-state index in [1.54, 1.807) is 0 Å². The average Bonchev–Trinajstić information content (AvgIpc) is 3.09. The number of nitrogens with zero attached hydrogens (tertiary/aromatic N) is 6. The number of aryl methyl sites for hydroxylation is 1. The van der Waals surface area contributed by atoms with Crippen LogP contribution in [0.1, 0.15) is 24.0 Å². The molecule has 2 aromatic heterocycles. The van der Waals surface area contributed by atoms with Gasteiger partial charge >= 0.3 is 0 Å². The lowest BCUT2D eigenvalue weighted by molar-refractivity contribution is -0.890. The second kappa shape index (κ2) is 6.73. The van der Waals surface area contributed by atoms with E-state index >= 15 is 0 Å². The van der Waals surface area contributed by atoms with Crippen LogP contribution in [0.25, 0.3) is 11.0 Å². The van der Waals surface area contributed by atoms with E-state index in [-0.39, 0.29) is 0 Å². The van der Waals surface area contributed by atoms with E-state index < -0.39 is 0 Å². The third kappa shape index (κ3) is 3.25. The third-order valence-electron chi connectivity index (χ3n) is 6.78. The number of quaternary nitrogens is 1. The summed E-state index contributed by atoms with van der Waals surface area (Å²) in [7, 11) is 6.62. The molecular formula is C23H31N6+. The van der Waals surface area contributed by atoms with E-state index in [1.807, 2.05) is 24.1 Å². The Bertz CT molecular complexity index is 1040. The molecule has 0 bridgehead atoms.